The number of nitrogens with zero attached hydrogens (tertiary/aromatic N) is 2. The van der Waals surface area contributed by atoms with Crippen molar-refractivity contribution in [1.29, 1.82) is 0 Å². The zero-order valence-corrected chi connectivity index (χ0v) is 18.6. The molecule has 10 heteroatoms. The molecule has 0 saturated heterocycles. The van der Waals surface area contributed by atoms with Crippen LogP contribution in [0.2, 0.25) is 5.02 Å². The molecule has 4 aromatic rings. The summed E-state index contributed by atoms with van der Waals surface area (Å²) in [5.41, 5.74) is 1.93. The minimum Gasteiger partial charge on any atom is -0.348 e. The number of rotatable bonds is 7. The fraction of sp³-hybridized carbons (Fsp3) is 0.0435. The Kier molecular flexibility index (Phi) is 6.43. The molecule has 7 nitrogen and oxygen atoms in total. The molecule has 0 fully saturated rings. The molecule has 168 valence electrons. The van der Waals surface area contributed by atoms with Crippen molar-refractivity contribution < 1.29 is 17.6 Å². The van der Waals surface area contributed by atoms with Crippen LogP contribution in [-0.2, 0) is 16.6 Å². The van der Waals surface area contributed by atoms with Gasteiger partial charge in [0.05, 0.1) is 27.5 Å². The van der Waals surface area contributed by atoms with E-state index in [1.165, 1.54) is 18.2 Å². The Morgan fingerprint density at radius 1 is 1.03 bits per heavy atom. The standard InChI is InChI=1S/C23H18ClFN4O3S/c24-21-11-6-17(12-22(21)28-33(31,32)20-9-7-18(25)8-10-20)23(30)26-13-16-14-27-29(15-16)19-4-2-1-3-5-19/h1-12,14-15,28H,13H2,(H,26,30). The van der Waals surface area contributed by atoms with Crippen molar-refractivity contribution in [2.24, 2.45) is 0 Å². The van der Waals surface area contributed by atoms with Crippen molar-refractivity contribution in [2.75, 3.05) is 4.72 Å². The summed E-state index contributed by atoms with van der Waals surface area (Å²) < 4.78 is 42.3. The summed E-state index contributed by atoms with van der Waals surface area (Å²) in [5.74, 6) is -0.971. The van der Waals surface area contributed by atoms with Crippen LogP contribution in [0.5, 0.6) is 0 Å². The fourth-order valence-electron chi connectivity index (χ4n) is 3.02. The topological polar surface area (TPSA) is 93.1 Å². The Morgan fingerprint density at radius 3 is 2.48 bits per heavy atom. The van der Waals surface area contributed by atoms with Gasteiger partial charge in [-0.2, -0.15) is 5.10 Å². The van der Waals surface area contributed by atoms with Gasteiger partial charge in [-0.05, 0) is 54.6 Å². The first-order valence-electron chi connectivity index (χ1n) is 9.77. The molecule has 33 heavy (non-hydrogen) atoms. The second kappa shape index (κ2) is 9.43. The quantitative estimate of drug-likeness (QED) is 0.406. The van der Waals surface area contributed by atoms with Gasteiger partial charge in [0.25, 0.3) is 15.9 Å². The van der Waals surface area contributed by atoms with Gasteiger partial charge in [-0.3, -0.25) is 9.52 Å². The molecular weight excluding hydrogens is 467 g/mol. The van der Waals surface area contributed by atoms with Gasteiger partial charge in [-0.1, -0.05) is 29.8 Å². The first-order chi connectivity index (χ1) is 15.8. The summed E-state index contributed by atoms with van der Waals surface area (Å²) in [6.07, 6.45) is 3.46. The first-order valence-corrected chi connectivity index (χ1v) is 11.6. The number of amides is 1. The molecule has 4 rings (SSSR count). The average molecular weight is 485 g/mol. The summed E-state index contributed by atoms with van der Waals surface area (Å²) >= 11 is 6.12. The van der Waals surface area contributed by atoms with E-state index in [-0.39, 0.29) is 27.7 Å². The third kappa shape index (κ3) is 5.39. The summed E-state index contributed by atoms with van der Waals surface area (Å²) in [5, 5.41) is 7.17. The van der Waals surface area contributed by atoms with Crippen molar-refractivity contribution in [3.05, 3.63) is 107 Å². The van der Waals surface area contributed by atoms with E-state index in [4.69, 9.17) is 11.6 Å². The second-order valence-corrected chi connectivity index (χ2v) is 9.16. The highest BCUT2D eigenvalue weighted by Crippen LogP contribution is 2.26. The van der Waals surface area contributed by atoms with Crippen molar-refractivity contribution in [3.8, 4) is 5.69 Å². The van der Waals surface area contributed by atoms with E-state index in [0.29, 0.717) is 0 Å². The molecule has 1 aromatic heterocycles. The van der Waals surface area contributed by atoms with Crippen LogP contribution in [0.1, 0.15) is 15.9 Å². The minimum atomic E-state index is -4.02. The summed E-state index contributed by atoms with van der Waals surface area (Å²) in [6, 6.07) is 18.2. The number of carbonyl (C=O) groups is 1. The van der Waals surface area contributed by atoms with E-state index in [0.717, 1.165) is 35.5 Å². The van der Waals surface area contributed by atoms with Gasteiger partial charge in [0.2, 0.25) is 0 Å². The number of anilines is 1. The molecule has 0 aliphatic carbocycles. The SMILES string of the molecule is O=C(NCc1cnn(-c2ccccc2)c1)c1ccc(Cl)c(NS(=O)(=O)c2ccc(F)cc2)c1. The van der Waals surface area contributed by atoms with E-state index in [9.17, 15) is 17.6 Å². The zero-order valence-electron chi connectivity index (χ0n) is 17.1. The molecule has 0 aliphatic heterocycles. The van der Waals surface area contributed by atoms with Crippen LogP contribution in [0.15, 0.2) is 90.1 Å². The molecular formula is C23H18ClFN4O3S. The number of sulfonamides is 1. The highest BCUT2D eigenvalue weighted by molar-refractivity contribution is 7.92. The van der Waals surface area contributed by atoms with Crippen LogP contribution in [0.3, 0.4) is 0 Å². The van der Waals surface area contributed by atoms with Gasteiger partial charge in [-0.25, -0.2) is 17.5 Å². The van der Waals surface area contributed by atoms with Crippen LogP contribution < -0.4 is 10.0 Å². The van der Waals surface area contributed by atoms with Crippen molar-refractivity contribution in [2.45, 2.75) is 11.4 Å². The number of para-hydroxylation sites is 1. The summed E-state index contributed by atoms with van der Waals surface area (Å²) in [7, 11) is -4.02. The molecule has 0 bridgehead atoms. The van der Waals surface area contributed by atoms with Crippen molar-refractivity contribution in [3.63, 3.8) is 0 Å². The Bertz CT molecular complexity index is 1390. The monoisotopic (exact) mass is 484 g/mol. The lowest BCUT2D eigenvalue weighted by Gasteiger charge is -2.11. The molecule has 3 aromatic carbocycles. The van der Waals surface area contributed by atoms with E-state index < -0.39 is 21.7 Å². The van der Waals surface area contributed by atoms with Crippen LogP contribution in [0.25, 0.3) is 5.69 Å². The van der Waals surface area contributed by atoms with Crippen LogP contribution in [-0.4, -0.2) is 24.1 Å². The normalized spacial score (nSPS) is 11.2. The number of hydrogen-bond donors (Lipinski definition) is 2. The lowest BCUT2D eigenvalue weighted by atomic mass is 10.2. The molecule has 0 saturated carbocycles. The maximum atomic E-state index is 13.1. The highest BCUT2D eigenvalue weighted by Gasteiger charge is 2.17. The van der Waals surface area contributed by atoms with Crippen LogP contribution >= 0.6 is 11.6 Å². The van der Waals surface area contributed by atoms with E-state index >= 15 is 0 Å². The Hall–Kier alpha value is -3.69. The maximum absolute atomic E-state index is 13.1. The van der Waals surface area contributed by atoms with Crippen molar-refractivity contribution >= 4 is 33.2 Å². The lowest BCUT2D eigenvalue weighted by Crippen LogP contribution is -2.23. The number of aromatic nitrogens is 2. The molecule has 0 spiro atoms. The van der Waals surface area contributed by atoms with Gasteiger partial charge in [0.15, 0.2) is 0 Å². The molecule has 1 heterocycles. The molecule has 0 unspecified atom stereocenters. The zero-order chi connectivity index (χ0) is 23.4. The van der Waals surface area contributed by atoms with Gasteiger partial charge < -0.3 is 5.32 Å². The molecule has 0 radical (unpaired) electrons. The number of halogens is 2. The number of hydrogen-bond acceptors (Lipinski definition) is 4. The van der Waals surface area contributed by atoms with Gasteiger partial charge in [0.1, 0.15) is 5.82 Å². The third-order valence-corrected chi connectivity index (χ3v) is 6.42. The van der Waals surface area contributed by atoms with E-state index in [1.54, 1.807) is 17.1 Å². The predicted octanol–water partition coefficient (Wildman–Crippen LogP) is 4.40. The Morgan fingerprint density at radius 2 is 1.76 bits per heavy atom. The number of nitrogens with one attached hydrogen (secondary N) is 2. The van der Waals surface area contributed by atoms with Gasteiger partial charge >= 0.3 is 0 Å². The van der Waals surface area contributed by atoms with Crippen molar-refractivity contribution in [1.82, 2.24) is 15.1 Å². The lowest BCUT2D eigenvalue weighted by molar-refractivity contribution is 0.0951. The highest BCUT2D eigenvalue weighted by atomic mass is 35.5. The number of carbonyl (C=O) groups excluding carboxylic acids is 1. The molecule has 2 N–H and O–H groups in total. The Labute approximate surface area is 194 Å². The Balaban J connectivity index is 1.45. The molecule has 0 aliphatic rings. The van der Waals surface area contributed by atoms with Gasteiger partial charge in [-0.15, -0.1) is 0 Å². The minimum absolute atomic E-state index is 0.0329. The number of benzene rings is 3. The molecule has 1 amide bonds. The van der Waals surface area contributed by atoms with E-state index in [2.05, 4.69) is 15.1 Å². The van der Waals surface area contributed by atoms with Crippen LogP contribution in [0, 0.1) is 5.82 Å². The largest absolute Gasteiger partial charge is 0.348 e. The fourth-order valence-corrected chi connectivity index (χ4v) is 4.31. The van der Waals surface area contributed by atoms with Crippen LogP contribution in [0.4, 0.5) is 10.1 Å². The van der Waals surface area contributed by atoms with Gasteiger partial charge in [0, 0.05) is 23.9 Å². The smallest absolute Gasteiger partial charge is 0.261 e. The second-order valence-electron chi connectivity index (χ2n) is 7.07. The average Bonchev–Trinajstić information content (AvgIpc) is 3.29. The summed E-state index contributed by atoms with van der Waals surface area (Å²) in [4.78, 5) is 12.5. The first kappa shape index (κ1) is 22.5. The maximum Gasteiger partial charge on any atom is 0.261 e. The third-order valence-electron chi connectivity index (χ3n) is 4.71. The molecule has 0 atom stereocenters. The predicted molar refractivity (Wildman–Crippen MR) is 123 cm³/mol. The van der Waals surface area contributed by atoms with E-state index in [1.807, 2.05) is 30.3 Å². The summed E-state index contributed by atoms with van der Waals surface area (Å²) in [6.45, 7) is 0.227.